The van der Waals surface area contributed by atoms with Crippen molar-refractivity contribution in [3.05, 3.63) is 36.3 Å². The lowest BCUT2D eigenvalue weighted by Crippen LogP contribution is -2.33. The van der Waals surface area contributed by atoms with E-state index in [0.717, 1.165) is 86.4 Å². The first kappa shape index (κ1) is 25.4. The Hall–Kier alpha value is -2.67. The molecular formula is C28H42N6O. The van der Waals surface area contributed by atoms with E-state index in [1.165, 1.54) is 32.4 Å². The quantitative estimate of drug-likeness (QED) is 0.352. The van der Waals surface area contributed by atoms with Crippen molar-refractivity contribution in [3.8, 4) is 11.5 Å². The maximum Gasteiger partial charge on any atom is 0.253 e. The molecule has 1 fully saturated rings. The molecule has 0 unspecified atom stereocenters. The molecule has 1 aliphatic heterocycles. The lowest BCUT2D eigenvalue weighted by Gasteiger charge is -2.26. The van der Waals surface area contributed by atoms with E-state index in [1.807, 2.05) is 41.2 Å². The summed E-state index contributed by atoms with van der Waals surface area (Å²) in [6.07, 6.45) is 13.0. The van der Waals surface area contributed by atoms with Gasteiger partial charge in [0.15, 0.2) is 5.82 Å². The summed E-state index contributed by atoms with van der Waals surface area (Å²) in [5.74, 6) is 1.06. The number of imidazole rings is 2. The smallest absolute Gasteiger partial charge is 0.253 e. The normalized spacial score (nSPS) is 14.6. The number of likely N-dealkylation sites (tertiary alicyclic amines) is 1. The van der Waals surface area contributed by atoms with Gasteiger partial charge in [-0.15, -0.1) is 0 Å². The van der Waals surface area contributed by atoms with Crippen molar-refractivity contribution in [1.82, 2.24) is 28.9 Å². The molecule has 0 atom stereocenters. The van der Waals surface area contributed by atoms with E-state index < -0.39 is 0 Å². The fourth-order valence-electron chi connectivity index (χ4n) is 5.08. The predicted octanol–water partition coefficient (Wildman–Crippen LogP) is 5.36. The van der Waals surface area contributed by atoms with Gasteiger partial charge in [0.2, 0.25) is 0 Å². The van der Waals surface area contributed by atoms with E-state index >= 15 is 0 Å². The summed E-state index contributed by atoms with van der Waals surface area (Å²) in [4.78, 5) is 27.4. The van der Waals surface area contributed by atoms with Gasteiger partial charge in [0, 0.05) is 32.2 Å². The van der Waals surface area contributed by atoms with Crippen molar-refractivity contribution < 1.29 is 4.79 Å². The largest absolute Gasteiger partial charge is 0.339 e. The Kier molecular flexibility index (Phi) is 8.96. The van der Waals surface area contributed by atoms with Crippen molar-refractivity contribution in [1.29, 1.82) is 0 Å². The molecule has 1 aliphatic rings. The molecule has 1 saturated heterocycles. The topological polar surface area (TPSA) is 59.2 Å². The van der Waals surface area contributed by atoms with E-state index in [9.17, 15) is 4.79 Å². The molecule has 0 spiro atoms. The molecule has 35 heavy (non-hydrogen) atoms. The number of benzene rings is 1. The second-order valence-corrected chi connectivity index (χ2v) is 9.94. The van der Waals surface area contributed by atoms with E-state index in [0.29, 0.717) is 0 Å². The lowest BCUT2D eigenvalue weighted by molar-refractivity contribution is 0.0751. The van der Waals surface area contributed by atoms with Crippen molar-refractivity contribution in [3.63, 3.8) is 0 Å². The van der Waals surface area contributed by atoms with Crippen LogP contribution in [0.5, 0.6) is 0 Å². The fourth-order valence-corrected chi connectivity index (χ4v) is 5.08. The van der Waals surface area contributed by atoms with Gasteiger partial charge in [-0.05, 0) is 69.9 Å². The van der Waals surface area contributed by atoms with Crippen LogP contribution in [0.2, 0.25) is 0 Å². The molecule has 0 N–H and O–H groups in total. The minimum Gasteiger partial charge on any atom is -0.339 e. The summed E-state index contributed by atoms with van der Waals surface area (Å²) in [7, 11) is 2.01. The van der Waals surface area contributed by atoms with Crippen LogP contribution >= 0.6 is 0 Å². The van der Waals surface area contributed by atoms with Crippen LogP contribution in [0.15, 0.2) is 30.7 Å². The third-order valence-corrected chi connectivity index (χ3v) is 7.20. The third kappa shape index (κ3) is 6.13. The Morgan fingerprint density at radius 2 is 1.74 bits per heavy atom. The minimum absolute atomic E-state index is 0.136. The monoisotopic (exact) mass is 478 g/mol. The molecule has 4 rings (SSSR count). The van der Waals surface area contributed by atoms with Gasteiger partial charge in [-0.25, -0.2) is 9.97 Å². The van der Waals surface area contributed by atoms with Crippen LogP contribution in [-0.4, -0.2) is 67.5 Å². The van der Waals surface area contributed by atoms with E-state index in [-0.39, 0.29) is 5.91 Å². The molecule has 3 heterocycles. The number of nitrogens with zero attached hydrogens (tertiary/aromatic N) is 6. The van der Waals surface area contributed by atoms with Gasteiger partial charge in [-0.1, -0.05) is 33.1 Å². The number of hydrogen-bond acceptors (Lipinski definition) is 4. The molecule has 7 nitrogen and oxygen atoms in total. The van der Waals surface area contributed by atoms with Gasteiger partial charge in [-0.2, -0.15) is 0 Å². The van der Waals surface area contributed by atoms with Crippen molar-refractivity contribution in [2.45, 2.75) is 71.8 Å². The summed E-state index contributed by atoms with van der Waals surface area (Å²) >= 11 is 0. The maximum absolute atomic E-state index is 13.5. The van der Waals surface area contributed by atoms with Crippen LogP contribution in [0.3, 0.4) is 0 Å². The molecule has 0 aliphatic carbocycles. The Morgan fingerprint density at radius 1 is 1.00 bits per heavy atom. The number of amides is 1. The van der Waals surface area contributed by atoms with Crippen molar-refractivity contribution >= 4 is 16.9 Å². The minimum atomic E-state index is 0.136. The molecule has 190 valence electrons. The van der Waals surface area contributed by atoms with Crippen LogP contribution in [0.4, 0.5) is 0 Å². The number of fused-ring (bicyclic) bond motifs is 1. The molecule has 0 bridgehead atoms. The Balaban J connectivity index is 1.63. The van der Waals surface area contributed by atoms with Gasteiger partial charge < -0.3 is 18.9 Å². The second kappa shape index (κ2) is 12.3. The number of piperidine rings is 1. The van der Waals surface area contributed by atoms with Crippen LogP contribution in [0.1, 0.15) is 75.6 Å². The highest BCUT2D eigenvalue weighted by Crippen LogP contribution is 2.26. The number of rotatable bonds is 12. The van der Waals surface area contributed by atoms with Crippen molar-refractivity contribution in [2.75, 3.05) is 32.7 Å². The number of carbonyl (C=O) groups is 1. The first-order valence-corrected chi connectivity index (χ1v) is 13.6. The van der Waals surface area contributed by atoms with E-state index in [4.69, 9.17) is 4.98 Å². The van der Waals surface area contributed by atoms with Gasteiger partial charge in [0.05, 0.1) is 23.6 Å². The average Bonchev–Trinajstić information content (AvgIpc) is 3.47. The van der Waals surface area contributed by atoms with Gasteiger partial charge in [-0.3, -0.25) is 4.79 Å². The summed E-state index contributed by atoms with van der Waals surface area (Å²) in [5.41, 5.74) is 3.74. The van der Waals surface area contributed by atoms with Crippen molar-refractivity contribution in [2.24, 2.45) is 7.05 Å². The summed E-state index contributed by atoms with van der Waals surface area (Å²) in [6, 6.07) is 6.03. The van der Waals surface area contributed by atoms with Crippen LogP contribution in [-0.2, 0) is 13.6 Å². The molecule has 7 heteroatoms. The zero-order chi connectivity index (χ0) is 24.6. The summed E-state index contributed by atoms with van der Waals surface area (Å²) in [6.45, 7) is 10.4. The summed E-state index contributed by atoms with van der Waals surface area (Å²) in [5, 5.41) is 0. The SMILES string of the molecule is CCCCN(CCCC)C(=O)c1ccc2nc(-c3cncn3C)n(CCCN3CCCCC3)c2c1. The van der Waals surface area contributed by atoms with Crippen LogP contribution in [0, 0.1) is 0 Å². The highest BCUT2D eigenvalue weighted by molar-refractivity contribution is 5.98. The van der Waals surface area contributed by atoms with E-state index in [2.05, 4.69) is 34.4 Å². The summed E-state index contributed by atoms with van der Waals surface area (Å²) < 4.78 is 4.32. The number of aryl methyl sites for hydroxylation is 2. The molecule has 1 amide bonds. The first-order chi connectivity index (χ1) is 17.1. The second-order valence-electron chi connectivity index (χ2n) is 9.94. The number of carbonyl (C=O) groups excluding carboxylic acids is 1. The Morgan fingerprint density at radius 3 is 2.40 bits per heavy atom. The van der Waals surface area contributed by atoms with E-state index in [1.54, 1.807) is 0 Å². The Labute approximate surface area is 210 Å². The highest BCUT2D eigenvalue weighted by Gasteiger charge is 2.20. The highest BCUT2D eigenvalue weighted by atomic mass is 16.2. The third-order valence-electron chi connectivity index (χ3n) is 7.20. The standard InChI is InChI=1S/C28H42N6O/c1-4-6-17-33(18-7-5-2)28(35)23-12-13-24-25(20-23)34(19-11-16-32-14-9-8-10-15-32)27(30-24)26-21-29-22-31(26)3/h12-13,20-22H,4-11,14-19H2,1-3H3. The first-order valence-electron chi connectivity index (χ1n) is 13.6. The number of hydrogen-bond donors (Lipinski definition) is 0. The molecular weight excluding hydrogens is 436 g/mol. The van der Waals surface area contributed by atoms with Gasteiger partial charge >= 0.3 is 0 Å². The number of aromatic nitrogens is 4. The average molecular weight is 479 g/mol. The predicted molar refractivity (Wildman–Crippen MR) is 143 cm³/mol. The molecule has 2 aromatic heterocycles. The molecule has 0 radical (unpaired) electrons. The zero-order valence-corrected chi connectivity index (χ0v) is 21.9. The van der Waals surface area contributed by atoms with Gasteiger partial charge in [0.25, 0.3) is 5.91 Å². The van der Waals surface area contributed by atoms with Crippen LogP contribution in [0.25, 0.3) is 22.6 Å². The van der Waals surface area contributed by atoms with Crippen LogP contribution < -0.4 is 0 Å². The number of unbranched alkanes of at least 4 members (excludes halogenated alkanes) is 2. The lowest BCUT2D eigenvalue weighted by atomic mass is 10.1. The molecule has 0 saturated carbocycles. The zero-order valence-electron chi connectivity index (χ0n) is 21.9. The molecule has 3 aromatic rings. The van der Waals surface area contributed by atoms with Gasteiger partial charge in [0.1, 0.15) is 5.69 Å². The maximum atomic E-state index is 13.5. The Bertz CT molecular complexity index is 1090. The fraction of sp³-hybridized carbons (Fsp3) is 0.607. The molecule has 1 aromatic carbocycles.